The smallest absolute Gasteiger partial charge is 0.354 e. The van der Waals surface area contributed by atoms with Gasteiger partial charge in [-0.15, -0.1) is 4.36 Å². The van der Waals surface area contributed by atoms with E-state index in [0.717, 1.165) is 44.2 Å². The molecule has 0 saturated heterocycles. The maximum Gasteiger partial charge on any atom is 0.354 e. The van der Waals surface area contributed by atoms with Gasteiger partial charge in [-0.25, -0.2) is 18.8 Å². The van der Waals surface area contributed by atoms with E-state index in [1.165, 1.54) is 34.0 Å². The third kappa shape index (κ3) is 2.86. The lowest BCUT2D eigenvalue weighted by Gasteiger charge is -2.18. The summed E-state index contributed by atoms with van der Waals surface area (Å²) in [6.45, 7) is 4.56. The monoisotopic (exact) mass is 415 g/mol. The van der Waals surface area contributed by atoms with Gasteiger partial charge >= 0.3 is 6.03 Å². The van der Waals surface area contributed by atoms with E-state index in [0.29, 0.717) is 12.5 Å². The van der Waals surface area contributed by atoms with E-state index < -0.39 is 15.9 Å². The number of hydrogen-bond acceptors (Lipinski definition) is 4. The minimum Gasteiger partial charge on any atom is -0.475 e. The molecule has 1 aliphatic heterocycles. The first-order valence-corrected chi connectivity index (χ1v) is 11.7. The summed E-state index contributed by atoms with van der Waals surface area (Å²) < 4.78 is 24.1. The molecule has 9 heteroatoms. The third-order valence-corrected chi connectivity index (χ3v) is 7.65. The summed E-state index contributed by atoms with van der Waals surface area (Å²) in [7, 11) is -3.47. The van der Waals surface area contributed by atoms with E-state index in [1.54, 1.807) is 4.68 Å². The number of nitrogens with zero attached hydrogens (tertiary/aromatic N) is 3. The van der Waals surface area contributed by atoms with E-state index in [9.17, 15) is 9.00 Å². The number of nitrogens with one attached hydrogen (secondary N) is 1. The van der Waals surface area contributed by atoms with Gasteiger partial charge in [0.15, 0.2) is 9.92 Å². The lowest BCUT2D eigenvalue weighted by molar-refractivity contribution is 0.260. The molecular formula is C20H25N5O3S. The number of carbonyl (C=O) groups excluding carboxylic acids is 1. The number of rotatable bonds is 2. The van der Waals surface area contributed by atoms with Crippen LogP contribution >= 0.6 is 0 Å². The molecule has 0 spiro atoms. The van der Waals surface area contributed by atoms with Gasteiger partial charge in [-0.1, -0.05) is 0 Å². The predicted octanol–water partition coefficient (Wildman–Crippen LogP) is 3.06. The fourth-order valence-corrected chi connectivity index (χ4v) is 5.93. The number of anilines is 1. The summed E-state index contributed by atoms with van der Waals surface area (Å²) in [6.07, 6.45) is 7.53. The number of ether oxygens (including phenoxy) is 1. The maximum absolute atomic E-state index is 13.1. The SMILES string of the molecule is Cc1c2c(c(NC(=O)N=[S@@](N)(=O)c3cnn4c3OC[C@H]4C)c3c1CCC3)CCC2. The van der Waals surface area contributed by atoms with Crippen LogP contribution in [0.5, 0.6) is 5.88 Å². The Balaban J connectivity index is 1.51. The van der Waals surface area contributed by atoms with Crippen molar-refractivity contribution in [2.45, 2.75) is 63.3 Å². The van der Waals surface area contributed by atoms with Crippen LogP contribution in [0.4, 0.5) is 10.5 Å². The second kappa shape index (κ2) is 6.56. The van der Waals surface area contributed by atoms with Crippen LogP contribution in [0.25, 0.3) is 0 Å². The highest BCUT2D eigenvalue weighted by Gasteiger charge is 2.30. The van der Waals surface area contributed by atoms with Crippen LogP contribution in [-0.4, -0.2) is 26.6 Å². The highest BCUT2D eigenvalue weighted by atomic mass is 32.2. The molecule has 154 valence electrons. The standard InChI is InChI=1S/C20H25N5O3S/c1-11-10-28-19-17(9-22-25(11)19)29(21,27)24-20(26)23-18-15-7-3-5-13(15)12(2)14-6-4-8-16(14)18/h9,11H,3-8,10H2,1-2H3,(H3,21,23,24,26,27)/t11-,29-/m1/s1. The Labute approximate surface area is 170 Å². The molecule has 0 unspecified atom stereocenters. The van der Waals surface area contributed by atoms with Crippen LogP contribution in [-0.2, 0) is 35.6 Å². The van der Waals surface area contributed by atoms with Gasteiger partial charge in [-0.2, -0.15) is 5.10 Å². The number of nitrogens with two attached hydrogens (primary N) is 1. The van der Waals surface area contributed by atoms with Gasteiger partial charge in [0.25, 0.3) is 0 Å². The molecule has 2 aromatic rings. The van der Waals surface area contributed by atoms with E-state index in [2.05, 4.69) is 21.7 Å². The topological polar surface area (TPSA) is 112 Å². The first kappa shape index (κ1) is 18.6. The van der Waals surface area contributed by atoms with Crippen molar-refractivity contribution in [1.29, 1.82) is 0 Å². The second-order valence-corrected chi connectivity index (χ2v) is 9.89. The molecular weight excluding hydrogens is 390 g/mol. The first-order valence-electron chi connectivity index (χ1n) is 10.1. The molecule has 2 aliphatic carbocycles. The van der Waals surface area contributed by atoms with Gasteiger partial charge < -0.3 is 10.1 Å². The minimum absolute atomic E-state index is 0.0283. The summed E-state index contributed by atoms with van der Waals surface area (Å²) in [4.78, 5) is 12.9. The molecule has 3 N–H and O–H groups in total. The van der Waals surface area contributed by atoms with Crippen LogP contribution in [0.2, 0.25) is 0 Å². The highest BCUT2D eigenvalue weighted by molar-refractivity contribution is 7.91. The summed E-state index contributed by atoms with van der Waals surface area (Å²) >= 11 is 0. The molecule has 0 saturated carbocycles. The Bertz CT molecular complexity index is 1120. The van der Waals surface area contributed by atoms with E-state index in [-0.39, 0.29) is 10.9 Å². The fourth-order valence-electron chi connectivity index (χ4n) is 4.94. The van der Waals surface area contributed by atoms with E-state index in [1.807, 2.05) is 6.92 Å². The Morgan fingerprint density at radius 3 is 2.52 bits per heavy atom. The number of benzene rings is 1. The van der Waals surface area contributed by atoms with Crippen molar-refractivity contribution in [2.24, 2.45) is 9.50 Å². The second-order valence-electron chi connectivity index (χ2n) is 8.13. The number of amides is 2. The fraction of sp³-hybridized carbons (Fsp3) is 0.500. The van der Waals surface area contributed by atoms with Gasteiger partial charge in [-0.3, -0.25) is 0 Å². The zero-order valence-corrected chi connectivity index (χ0v) is 17.5. The molecule has 3 aliphatic rings. The Morgan fingerprint density at radius 2 is 1.86 bits per heavy atom. The van der Waals surface area contributed by atoms with Gasteiger partial charge in [-0.05, 0) is 80.2 Å². The van der Waals surface area contributed by atoms with Crippen molar-refractivity contribution in [2.75, 3.05) is 11.9 Å². The number of aromatic nitrogens is 2. The molecule has 8 nitrogen and oxygen atoms in total. The van der Waals surface area contributed by atoms with Gasteiger partial charge in [0.05, 0.1) is 12.2 Å². The molecule has 0 fully saturated rings. The predicted molar refractivity (Wildman–Crippen MR) is 110 cm³/mol. The number of carbonyl (C=O) groups is 1. The van der Waals surface area contributed by atoms with Gasteiger partial charge in [0, 0.05) is 5.69 Å². The number of urea groups is 1. The first-order chi connectivity index (χ1) is 13.9. The van der Waals surface area contributed by atoms with Crippen LogP contribution in [0.15, 0.2) is 15.5 Å². The summed E-state index contributed by atoms with van der Waals surface area (Å²) in [6, 6.07) is -0.656. The van der Waals surface area contributed by atoms with Crippen molar-refractivity contribution in [3.05, 3.63) is 34.0 Å². The molecule has 0 radical (unpaired) electrons. The summed E-state index contributed by atoms with van der Waals surface area (Å²) in [5.74, 6) is 0.332. The van der Waals surface area contributed by atoms with Gasteiger partial charge in [0.2, 0.25) is 5.88 Å². The van der Waals surface area contributed by atoms with Crippen LogP contribution in [0.3, 0.4) is 0 Å². The zero-order valence-electron chi connectivity index (χ0n) is 16.7. The normalized spacial score (nSPS) is 21.1. The molecule has 2 amide bonds. The van der Waals surface area contributed by atoms with Crippen molar-refractivity contribution >= 4 is 21.6 Å². The highest BCUT2D eigenvalue weighted by Crippen LogP contribution is 2.41. The summed E-state index contributed by atoms with van der Waals surface area (Å²) in [5, 5.41) is 13.1. The van der Waals surface area contributed by atoms with Crippen molar-refractivity contribution in [3.63, 3.8) is 0 Å². The van der Waals surface area contributed by atoms with Gasteiger partial charge in [0.1, 0.15) is 11.5 Å². The van der Waals surface area contributed by atoms with Crippen LogP contribution in [0, 0.1) is 6.92 Å². The van der Waals surface area contributed by atoms with Crippen LogP contribution in [0.1, 0.15) is 53.6 Å². The van der Waals surface area contributed by atoms with Crippen LogP contribution < -0.4 is 15.2 Å². The molecule has 0 bridgehead atoms. The number of fused-ring (bicyclic) bond motifs is 3. The van der Waals surface area contributed by atoms with E-state index >= 15 is 0 Å². The van der Waals surface area contributed by atoms with E-state index in [4.69, 9.17) is 9.88 Å². The van der Waals surface area contributed by atoms with Crippen molar-refractivity contribution < 1.29 is 13.7 Å². The van der Waals surface area contributed by atoms with Crippen molar-refractivity contribution in [1.82, 2.24) is 9.78 Å². The summed E-state index contributed by atoms with van der Waals surface area (Å²) in [5.41, 5.74) is 7.36. The average molecular weight is 416 g/mol. The lowest BCUT2D eigenvalue weighted by atomic mass is 9.93. The quantitative estimate of drug-likeness (QED) is 0.785. The lowest BCUT2D eigenvalue weighted by Crippen LogP contribution is -2.19. The molecule has 2 heterocycles. The molecule has 1 aromatic heterocycles. The molecule has 1 aromatic carbocycles. The van der Waals surface area contributed by atoms with Crippen molar-refractivity contribution in [3.8, 4) is 5.88 Å². The largest absolute Gasteiger partial charge is 0.475 e. The Kier molecular flexibility index (Phi) is 4.22. The maximum atomic E-state index is 13.1. The Morgan fingerprint density at radius 1 is 1.24 bits per heavy atom. The third-order valence-electron chi connectivity index (χ3n) is 6.31. The zero-order chi connectivity index (χ0) is 20.3. The Hall–Kier alpha value is -2.39. The molecule has 2 atom stereocenters. The average Bonchev–Trinajstić information content (AvgIpc) is 3.43. The molecule has 29 heavy (non-hydrogen) atoms. The number of hydrogen-bond donors (Lipinski definition) is 2. The minimum atomic E-state index is -3.47. The molecule has 5 rings (SSSR count).